The third-order valence-electron chi connectivity index (χ3n) is 3.39. The molecular weight excluding hydrogens is 421 g/mol. The summed E-state index contributed by atoms with van der Waals surface area (Å²) in [5.74, 6) is -11.9. The first-order valence-corrected chi connectivity index (χ1v) is 8.45. The van der Waals surface area contributed by atoms with Crippen LogP contribution in [0.25, 0.3) is 0 Å². The highest BCUT2D eigenvalue weighted by Crippen LogP contribution is 2.36. The summed E-state index contributed by atoms with van der Waals surface area (Å²) >= 11 is 0.326. The molecule has 0 spiro atoms. The van der Waals surface area contributed by atoms with Crippen molar-refractivity contribution in [2.45, 2.75) is 9.79 Å². The van der Waals surface area contributed by atoms with E-state index in [4.69, 9.17) is 0 Å². The van der Waals surface area contributed by atoms with Gasteiger partial charge in [-0.15, -0.1) is 0 Å². The Morgan fingerprint density at radius 1 is 0.862 bits per heavy atom. The van der Waals surface area contributed by atoms with E-state index >= 15 is 0 Å². The van der Waals surface area contributed by atoms with Gasteiger partial charge < -0.3 is 14.8 Å². The second kappa shape index (κ2) is 9.41. The number of nitrogens with one attached hydrogen (secondary N) is 1. The molecule has 0 aliphatic carbocycles. The van der Waals surface area contributed by atoms with Crippen molar-refractivity contribution in [2.75, 3.05) is 19.5 Å². The number of hydrogen-bond donors (Lipinski definition) is 1. The molecule has 0 saturated heterocycles. The van der Waals surface area contributed by atoms with Crippen LogP contribution in [0.5, 0.6) is 0 Å². The molecule has 0 aromatic heterocycles. The molecule has 2 rings (SSSR count). The lowest BCUT2D eigenvalue weighted by Gasteiger charge is -2.11. The fourth-order valence-electron chi connectivity index (χ4n) is 1.99. The van der Waals surface area contributed by atoms with Crippen LogP contribution in [0, 0.1) is 29.1 Å². The molecule has 2 aromatic carbocycles. The summed E-state index contributed by atoms with van der Waals surface area (Å²) in [4.78, 5) is 22.1. The molecule has 0 aliphatic rings. The number of anilines is 1. The molecule has 0 radical (unpaired) electrons. The Morgan fingerprint density at radius 3 is 1.86 bits per heavy atom. The SMILES string of the molecule is COC(=O)/C=C(/Nc1ccc(Sc2c(F)c(F)c(F)c(F)c2F)cc1)C(=O)OC. The Bertz CT molecular complexity index is 950. The molecule has 0 fully saturated rings. The van der Waals surface area contributed by atoms with Gasteiger partial charge in [0.25, 0.3) is 0 Å². The van der Waals surface area contributed by atoms with Gasteiger partial charge in [0.2, 0.25) is 5.82 Å². The lowest BCUT2D eigenvalue weighted by atomic mass is 10.3. The lowest BCUT2D eigenvalue weighted by molar-refractivity contribution is -0.138. The minimum atomic E-state index is -2.24. The minimum absolute atomic E-state index is 0.148. The fraction of sp³-hybridized carbons (Fsp3) is 0.111. The van der Waals surface area contributed by atoms with Gasteiger partial charge in [0.15, 0.2) is 23.3 Å². The van der Waals surface area contributed by atoms with Gasteiger partial charge in [0, 0.05) is 10.6 Å². The van der Waals surface area contributed by atoms with Crippen LogP contribution in [0.2, 0.25) is 0 Å². The Kier molecular flexibility index (Phi) is 7.21. The van der Waals surface area contributed by atoms with Crippen LogP contribution in [0.3, 0.4) is 0 Å². The van der Waals surface area contributed by atoms with Crippen LogP contribution < -0.4 is 5.32 Å². The van der Waals surface area contributed by atoms with Crippen molar-refractivity contribution in [2.24, 2.45) is 0 Å². The third kappa shape index (κ3) is 5.05. The van der Waals surface area contributed by atoms with Crippen LogP contribution in [-0.2, 0) is 19.1 Å². The Balaban J connectivity index is 2.26. The molecule has 0 atom stereocenters. The van der Waals surface area contributed by atoms with Crippen molar-refractivity contribution in [3.8, 4) is 0 Å². The summed E-state index contributed by atoms with van der Waals surface area (Å²) in [6.07, 6.45) is 0.851. The molecular formula is C18H12F5NO4S. The van der Waals surface area contributed by atoms with E-state index in [0.29, 0.717) is 11.8 Å². The largest absolute Gasteiger partial charge is 0.466 e. The quantitative estimate of drug-likeness (QED) is 0.243. The third-order valence-corrected chi connectivity index (χ3v) is 4.46. The van der Waals surface area contributed by atoms with Crippen molar-refractivity contribution in [1.29, 1.82) is 0 Å². The molecule has 0 heterocycles. The molecule has 11 heteroatoms. The maximum atomic E-state index is 13.8. The van der Waals surface area contributed by atoms with E-state index < -0.39 is 45.9 Å². The van der Waals surface area contributed by atoms with Crippen LogP contribution in [0.15, 0.2) is 45.8 Å². The van der Waals surface area contributed by atoms with E-state index in [1.165, 1.54) is 24.3 Å². The second-order valence-corrected chi connectivity index (χ2v) is 6.31. The van der Waals surface area contributed by atoms with E-state index in [1.807, 2.05) is 0 Å². The first-order valence-electron chi connectivity index (χ1n) is 7.63. The molecule has 0 amide bonds. The first-order chi connectivity index (χ1) is 13.7. The van der Waals surface area contributed by atoms with Gasteiger partial charge in [-0.25, -0.2) is 31.5 Å². The fourth-order valence-corrected chi connectivity index (χ4v) is 2.85. The Labute approximate surface area is 165 Å². The Hall–Kier alpha value is -3.08. The average Bonchev–Trinajstić information content (AvgIpc) is 2.73. The van der Waals surface area contributed by atoms with E-state index in [9.17, 15) is 31.5 Å². The number of ether oxygens (including phenoxy) is 2. The molecule has 1 N–H and O–H groups in total. The van der Waals surface area contributed by atoms with Gasteiger partial charge >= 0.3 is 11.9 Å². The predicted octanol–water partition coefficient (Wildman–Crippen LogP) is 4.18. The zero-order valence-electron chi connectivity index (χ0n) is 14.8. The summed E-state index contributed by atoms with van der Waals surface area (Å²) in [5.41, 5.74) is 0.0202. The number of benzene rings is 2. The topological polar surface area (TPSA) is 64.6 Å². The number of esters is 2. The summed E-state index contributed by atoms with van der Waals surface area (Å²) < 4.78 is 76.1. The number of halogens is 5. The molecule has 0 unspecified atom stereocenters. The van der Waals surface area contributed by atoms with Crippen molar-refractivity contribution in [3.05, 3.63) is 65.1 Å². The lowest BCUT2D eigenvalue weighted by Crippen LogP contribution is -2.15. The van der Waals surface area contributed by atoms with Crippen molar-refractivity contribution >= 4 is 29.4 Å². The summed E-state index contributed by atoms with van der Waals surface area (Å²) in [5, 5.41) is 2.59. The molecule has 5 nitrogen and oxygen atoms in total. The standard InChI is InChI=1S/C18H12F5NO4S/c1-27-11(25)7-10(18(26)28-2)24-8-3-5-9(6-4-8)29-17-15(22)13(20)12(19)14(21)16(17)23/h3-7,24H,1-2H3/b10-7+. The Morgan fingerprint density at radius 2 is 1.38 bits per heavy atom. The zero-order valence-corrected chi connectivity index (χ0v) is 15.6. The maximum absolute atomic E-state index is 13.8. The van der Waals surface area contributed by atoms with Gasteiger partial charge in [-0.3, -0.25) is 0 Å². The highest BCUT2D eigenvalue weighted by molar-refractivity contribution is 7.99. The monoisotopic (exact) mass is 433 g/mol. The van der Waals surface area contributed by atoms with E-state index in [0.717, 1.165) is 20.3 Å². The van der Waals surface area contributed by atoms with Gasteiger partial charge in [-0.05, 0) is 24.3 Å². The van der Waals surface area contributed by atoms with E-state index in [-0.39, 0.29) is 16.3 Å². The molecule has 2 aromatic rings. The second-order valence-electron chi connectivity index (χ2n) is 5.22. The van der Waals surface area contributed by atoms with Crippen molar-refractivity contribution in [1.82, 2.24) is 0 Å². The van der Waals surface area contributed by atoms with Gasteiger partial charge in [0.1, 0.15) is 5.70 Å². The number of carbonyl (C=O) groups is 2. The number of hydrogen-bond acceptors (Lipinski definition) is 6. The zero-order chi connectivity index (χ0) is 21.7. The van der Waals surface area contributed by atoms with E-state index in [1.54, 1.807) is 0 Å². The predicted molar refractivity (Wildman–Crippen MR) is 92.5 cm³/mol. The van der Waals surface area contributed by atoms with Gasteiger partial charge in [-0.1, -0.05) is 11.8 Å². The smallest absolute Gasteiger partial charge is 0.354 e. The molecule has 0 aliphatic heterocycles. The minimum Gasteiger partial charge on any atom is -0.466 e. The number of rotatable bonds is 6. The molecule has 154 valence electrons. The summed E-state index contributed by atoms with van der Waals surface area (Å²) in [7, 11) is 2.21. The van der Waals surface area contributed by atoms with Crippen LogP contribution in [0.4, 0.5) is 27.6 Å². The highest BCUT2D eigenvalue weighted by Gasteiger charge is 2.26. The average molecular weight is 433 g/mol. The van der Waals surface area contributed by atoms with Crippen LogP contribution >= 0.6 is 11.8 Å². The van der Waals surface area contributed by atoms with Crippen LogP contribution in [-0.4, -0.2) is 26.2 Å². The normalized spacial score (nSPS) is 11.2. The summed E-state index contributed by atoms with van der Waals surface area (Å²) in [6.45, 7) is 0. The van der Waals surface area contributed by atoms with Crippen molar-refractivity contribution in [3.63, 3.8) is 0 Å². The van der Waals surface area contributed by atoms with Gasteiger partial charge in [-0.2, -0.15) is 0 Å². The molecule has 0 saturated carbocycles. The van der Waals surface area contributed by atoms with Crippen molar-refractivity contribution < 1.29 is 41.0 Å². The van der Waals surface area contributed by atoms with E-state index in [2.05, 4.69) is 14.8 Å². The highest BCUT2D eigenvalue weighted by atomic mass is 32.2. The number of methoxy groups -OCH3 is 2. The molecule has 0 bridgehead atoms. The number of carbonyl (C=O) groups excluding carboxylic acids is 2. The van der Waals surface area contributed by atoms with Gasteiger partial charge in [0.05, 0.1) is 25.2 Å². The summed E-state index contributed by atoms with van der Waals surface area (Å²) in [6, 6.07) is 5.31. The maximum Gasteiger partial charge on any atom is 0.354 e. The molecule has 29 heavy (non-hydrogen) atoms. The van der Waals surface area contributed by atoms with Crippen LogP contribution in [0.1, 0.15) is 0 Å². The first kappa shape index (κ1) is 22.2.